The van der Waals surface area contributed by atoms with E-state index in [0.29, 0.717) is 5.75 Å². The van der Waals surface area contributed by atoms with E-state index in [-0.39, 0.29) is 5.69 Å². The van der Waals surface area contributed by atoms with Gasteiger partial charge in [-0.1, -0.05) is 5.16 Å². The normalized spacial score (nSPS) is 11.7. The van der Waals surface area contributed by atoms with Gasteiger partial charge in [0.1, 0.15) is 0 Å². The molecule has 0 aliphatic rings. The average molecular weight is 265 g/mol. The Labute approximate surface area is 112 Å². The van der Waals surface area contributed by atoms with Crippen LogP contribution in [0.15, 0.2) is 29.4 Å². The molecule has 0 saturated heterocycles. The van der Waals surface area contributed by atoms with Gasteiger partial charge >= 0.3 is 0 Å². The fourth-order valence-corrected chi connectivity index (χ4v) is 1.46. The van der Waals surface area contributed by atoms with Crippen LogP contribution in [0.2, 0.25) is 0 Å². The topological polar surface area (TPSA) is 68.0 Å². The number of nitrogens with zero attached hydrogens (tertiary/aromatic N) is 3. The summed E-state index contributed by atoms with van der Waals surface area (Å²) < 4.78 is 0. The average Bonchev–Trinajstić information content (AvgIpc) is 2.36. The first kappa shape index (κ1) is 15.1. The summed E-state index contributed by atoms with van der Waals surface area (Å²) in [4.78, 5) is 17.4. The highest BCUT2D eigenvalue weighted by Gasteiger charge is 2.04. The minimum Gasteiger partial charge on any atom is -0.357 e. The van der Waals surface area contributed by atoms with Gasteiger partial charge in [-0.05, 0) is 52.5 Å². The first-order valence-corrected chi connectivity index (χ1v) is 6.08. The maximum atomic E-state index is 10.5. The third-order valence-electron chi connectivity index (χ3n) is 2.50. The molecule has 19 heavy (non-hydrogen) atoms. The summed E-state index contributed by atoms with van der Waals surface area (Å²) in [7, 11) is 4.06. The van der Waals surface area contributed by atoms with Crippen LogP contribution in [0, 0.1) is 10.1 Å². The molecule has 0 unspecified atom stereocenters. The van der Waals surface area contributed by atoms with Gasteiger partial charge in [-0.25, -0.2) is 0 Å². The molecule has 0 aromatic heterocycles. The molecule has 0 aliphatic heterocycles. The van der Waals surface area contributed by atoms with Gasteiger partial charge in [-0.15, -0.1) is 0 Å². The van der Waals surface area contributed by atoms with Crippen molar-refractivity contribution in [1.82, 2.24) is 4.90 Å². The van der Waals surface area contributed by atoms with Gasteiger partial charge < -0.3 is 9.74 Å². The Hall–Kier alpha value is -1.95. The fourth-order valence-electron chi connectivity index (χ4n) is 1.46. The number of non-ortho nitro benzene ring substituents is 1. The number of hydrogen-bond donors (Lipinski definition) is 0. The van der Waals surface area contributed by atoms with Crippen molar-refractivity contribution < 1.29 is 9.76 Å². The van der Waals surface area contributed by atoms with Crippen LogP contribution >= 0.6 is 0 Å². The zero-order chi connectivity index (χ0) is 14.3. The van der Waals surface area contributed by atoms with Crippen molar-refractivity contribution in [3.63, 3.8) is 0 Å². The van der Waals surface area contributed by atoms with Crippen molar-refractivity contribution in [2.24, 2.45) is 5.16 Å². The zero-order valence-electron chi connectivity index (χ0n) is 11.5. The molecule has 6 heteroatoms. The minimum absolute atomic E-state index is 0.0408. The number of oxime groups is 1. The molecule has 0 atom stereocenters. The van der Waals surface area contributed by atoms with Gasteiger partial charge in [-0.3, -0.25) is 10.1 Å². The number of rotatable bonds is 7. The summed E-state index contributed by atoms with van der Waals surface area (Å²) in [5, 5.41) is 14.5. The Morgan fingerprint density at radius 3 is 2.53 bits per heavy atom. The summed E-state index contributed by atoms with van der Waals surface area (Å²) in [5.74, 6) is 0.498. The van der Waals surface area contributed by atoms with Gasteiger partial charge in [0.25, 0.3) is 5.69 Å². The number of hydrogen-bond acceptors (Lipinski definition) is 5. The van der Waals surface area contributed by atoms with Crippen LogP contribution in [0.1, 0.15) is 19.8 Å². The third-order valence-corrected chi connectivity index (χ3v) is 2.50. The van der Waals surface area contributed by atoms with E-state index in [4.69, 9.17) is 4.84 Å². The van der Waals surface area contributed by atoms with E-state index < -0.39 is 4.92 Å². The van der Waals surface area contributed by atoms with Crippen molar-refractivity contribution in [2.75, 3.05) is 20.6 Å². The first-order valence-electron chi connectivity index (χ1n) is 6.08. The molecular formula is C13H19N3O3. The standard InChI is InChI=1S/C13H19N3O3/c1-11(5-4-10-15(2)3)14-19-13-8-6-12(7-9-13)16(17)18/h6-9H,4-5,10H2,1-3H3. The maximum Gasteiger partial charge on any atom is 0.269 e. The highest BCUT2D eigenvalue weighted by atomic mass is 16.6. The predicted molar refractivity (Wildman–Crippen MR) is 74.6 cm³/mol. The molecule has 0 bridgehead atoms. The SMILES string of the molecule is CC(CCCN(C)C)=NOc1ccc([N+](=O)[O-])cc1. The van der Waals surface area contributed by atoms with Crippen molar-refractivity contribution in [2.45, 2.75) is 19.8 Å². The maximum absolute atomic E-state index is 10.5. The molecule has 6 nitrogen and oxygen atoms in total. The van der Waals surface area contributed by atoms with Crippen LogP contribution in [0.4, 0.5) is 5.69 Å². The summed E-state index contributed by atoms with van der Waals surface area (Å²) >= 11 is 0. The molecule has 0 radical (unpaired) electrons. The molecule has 1 aromatic carbocycles. The highest BCUT2D eigenvalue weighted by molar-refractivity contribution is 5.81. The molecule has 0 spiro atoms. The quantitative estimate of drug-likeness (QED) is 0.432. The minimum atomic E-state index is -0.445. The predicted octanol–water partition coefficient (Wildman–Crippen LogP) is 2.69. The summed E-state index contributed by atoms with van der Waals surface area (Å²) in [6, 6.07) is 5.86. The van der Waals surface area contributed by atoms with E-state index in [1.165, 1.54) is 24.3 Å². The van der Waals surface area contributed by atoms with Gasteiger partial charge in [0.05, 0.1) is 10.6 Å². The number of nitro groups is 1. The van der Waals surface area contributed by atoms with Crippen molar-refractivity contribution in [1.29, 1.82) is 0 Å². The van der Waals surface area contributed by atoms with Crippen molar-refractivity contribution in [3.05, 3.63) is 34.4 Å². The molecular weight excluding hydrogens is 246 g/mol. The van der Waals surface area contributed by atoms with E-state index >= 15 is 0 Å². The summed E-state index contributed by atoms with van der Waals surface area (Å²) in [5.41, 5.74) is 0.944. The van der Waals surface area contributed by atoms with Crippen LogP contribution in [0.25, 0.3) is 0 Å². The molecule has 0 fully saturated rings. The Kier molecular flexibility index (Phi) is 5.95. The second kappa shape index (κ2) is 7.48. The lowest BCUT2D eigenvalue weighted by molar-refractivity contribution is -0.384. The van der Waals surface area contributed by atoms with E-state index in [1.807, 2.05) is 21.0 Å². The molecule has 1 rings (SSSR count). The molecule has 0 saturated carbocycles. The van der Waals surface area contributed by atoms with Gasteiger partial charge in [0.15, 0.2) is 5.75 Å². The number of benzene rings is 1. The largest absolute Gasteiger partial charge is 0.357 e. The van der Waals surface area contributed by atoms with Gasteiger partial charge in [-0.2, -0.15) is 0 Å². The second-order valence-electron chi connectivity index (χ2n) is 4.58. The highest BCUT2D eigenvalue weighted by Crippen LogP contribution is 2.17. The molecule has 104 valence electrons. The second-order valence-corrected chi connectivity index (χ2v) is 4.58. The lowest BCUT2D eigenvalue weighted by Crippen LogP contribution is -2.13. The molecule has 0 amide bonds. The fraction of sp³-hybridized carbons (Fsp3) is 0.462. The number of nitro benzene ring substituents is 1. The van der Waals surface area contributed by atoms with Crippen molar-refractivity contribution >= 4 is 11.4 Å². The zero-order valence-corrected chi connectivity index (χ0v) is 11.5. The van der Waals surface area contributed by atoms with Crippen LogP contribution < -0.4 is 4.84 Å². The van der Waals surface area contributed by atoms with Gasteiger partial charge in [0.2, 0.25) is 0 Å². The van der Waals surface area contributed by atoms with E-state index in [0.717, 1.165) is 25.1 Å². The van der Waals surface area contributed by atoms with E-state index in [9.17, 15) is 10.1 Å². The molecule has 1 aromatic rings. The lowest BCUT2D eigenvalue weighted by atomic mass is 10.2. The molecule has 0 N–H and O–H groups in total. The van der Waals surface area contributed by atoms with Crippen LogP contribution in [-0.4, -0.2) is 36.2 Å². The van der Waals surface area contributed by atoms with E-state index in [1.54, 1.807) is 0 Å². The Bertz CT molecular complexity index is 441. The monoisotopic (exact) mass is 265 g/mol. The lowest BCUT2D eigenvalue weighted by Gasteiger charge is -2.08. The molecule has 0 heterocycles. The summed E-state index contributed by atoms with van der Waals surface area (Å²) in [6.45, 7) is 2.91. The Morgan fingerprint density at radius 2 is 2.00 bits per heavy atom. The van der Waals surface area contributed by atoms with Crippen LogP contribution in [-0.2, 0) is 0 Å². The first-order chi connectivity index (χ1) is 8.99. The Morgan fingerprint density at radius 1 is 1.37 bits per heavy atom. The van der Waals surface area contributed by atoms with E-state index in [2.05, 4.69) is 10.1 Å². The smallest absolute Gasteiger partial charge is 0.269 e. The molecule has 0 aliphatic carbocycles. The van der Waals surface area contributed by atoms with Crippen LogP contribution in [0.5, 0.6) is 5.75 Å². The Balaban J connectivity index is 2.44. The van der Waals surface area contributed by atoms with Gasteiger partial charge in [0, 0.05) is 12.1 Å². The summed E-state index contributed by atoms with van der Waals surface area (Å²) in [6.07, 6.45) is 1.89. The van der Waals surface area contributed by atoms with Crippen LogP contribution in [0.3, 0.4) is 0 Å². The van der Waals surface area contributed by atoms with Crippen molar-refractivity contribution in [3.8, 4) is 5.75 Å². The third kappa shape index (κ3) is 5.96.